The number of rotatable bonds is 3. The van der Waals surface area contributed by atoms with Crippen molar-refractivity contribution < 1.29 is 18.3 Å². The predicted octanol–water partition coefficient (Wildman–Crippen LogP) is 3.90. The fraction of sp³-hybridized carbons (Fsp3) is 0.0526. The van der Waals surface area contributed by atoms with E-state index < -0.39 is 19.7 Å². The monoisotopic (exact) mass is 347 g/mol. The average molecular weight is 347 g/mol. The predicted molar refractivity (Wildman–Crippen MR) is 93.2 cm³/mol. The molecule has 0 radical (unpaired) electrons. The number of aromatic hydroxyl groups is 1. The highest BCUT2D eigenvalue weighted by atomic mass is 31.1. The van der Waals surface area contributed by atoms with E-state index in [4.69, 9.17) is 0 Å². The molecule has 122 valence electrons. The van der Waals surface area contributed by atoms with Crippen LogP contribution in [0.4, 0.5) is 13.2 Å². The van der Waals surface area contributed by atoms with Gasteiger partial charge >= 0.3 is 6.18 Å². The summed E-state index contributed by atoms with van der Waals surface area (Å²) >= 11 is 0. The first-order valence-electron chi connectivity index (χ1n) is 7.34. The molecule has 3 aromatic rings. The zero-order valence-corrected chi connectivity index (χ0v) is 13.6. The van der Waals surface area contributed by atoms with Gasteiger partial charge in [-0.25, -0.2) is 0 Å². The van der Waals surface area contributed by atoms with Crippen LogP contribution in [0.5, 0.6) is 5.75 Å². The van der Waals surface area contributed by atoms with Crippen molar-refractivity contribution in [1.82, 2.24) is 0 Å². The maximum Gasteiger partial charge on any atom is 0.416 e. The van der Waals surface area contributed by atoms with Crippen molar-refractivity contribution in [2.24, 2.45) is 0 Å². The van der Waals surface area contributed by atoms with Gasteiger partial charge in [0.1, 0.15) is 21.7 Å². The maximum atomic E-state index is 13.1. The number of hydrogen-bond donors (Lipinski definition) is 1. The zero-order valence-electron chi connectivity index (χ0n) is 12.6. The summed E-state index contributed by atoms with van der Waals surface area (Å²) in [6, 6.07) is 21.7. The van der Waals surface area contributed by atoms with Gasteiger partial charge in [0.2, 0.25) is 0 Å². The number of halogens is 3. The molecule has 0 fully saturated rings. The molecule has 1 unspecified atom stereocenters. The van der Waals surface area contributed by atoms with E-state index in [9.17, 15) is 18.3 Å². The minimum atomic E-state index is -4.37. The fourth-order valence-electron chi connectivity index (χ4n) is 2.58. The molecule has 0 bridgehead atoms. The van der Waals surface area contributed by atoms with Crippen molar-refractivity contribution in [2.45, 2.75) is 6.18 Å². The molecule has 1 nitrogen and oxygen atoms in total. The highest BCUT2D eigenvalue weighted by Gasteiger charge is 2.33. The topological polar surface area (TPSA) is 20.2 Å². The van der Waals surface area contributed by atoms with Crippen molar-refractivity contribution in [3.05, 3.63) is 84.4 Å². The Hall–Kier alpha value is -2.32. The van der Waals surface area contributed by atoms with Gasteiger partial charge in [-0.2, -0.15) is 13.2 Å². The lowest BCUT2D eigenvalue weighted by atomic mass is 10.2. The molecule has 0 amide bonds. The largest absolute Gasteiger partial charge is 0.508 e. The summed E-state index contributed by atoms with van der Waals surface area (Å²) in [5.41, 5.74) is -0.641. The molecular weight excluding hydrogens is 332 g/mol. The van der Waals surface area contributed by atoms with Crippen LogP contribution >= 0.6 is 7.92 Å². The van der Waals surface area contributed by atoms with E-state index in [0.29, 0.717) is 5.30 Å². The van der Waals surface area contributed by atoms with Crippen LogP contribution in [-0.4, -0.2) is 5.11 Å². The smallest absolute Gasteiger partial charge is 0.416 e. The molecule has 0 aliphatic heterocycles. The number of alkyl halides is 3. The molecule has 1 atom stereocenters. The Balaban J connectivity index is 2.14. The number of phenolic OH excluding ortho intramolecular Hbond substituents is 1. The Morgan fingerprint density at radius 1 is 0.667 bits per heavy atom. The minimum Gasteiger partial charge on any atom is -0.508 e. The van der Waals surface area contributed by atoms with E-state index in [1.807, 2.05) is 30.3 Å². The first kappa shape index (κ1) is 16.5. The number of hydrogen-bond acceptors (Lipinski definition) is 1. The maximum absolute atomic E-state index is 13.1. The van der Waals surface area contributed by atoms with Crippen LogP contribution in [0.2, 0.25) is 0 Å². The Kier molecular flexibility index (Phi) is 4.59. The third-order valence-electron chi connectivity index (χ3n) is 3.70. The Morgan fingerprint density at radius 3 is 1.88 bits per heavy atom. The second-order valence-electron chi connectivity index (χ2n) is 5.37. The van der Waals surface area contributed by atoms with E-state index >= 15 is 0 Å². The van der Waals surface area contributed by atoms with E-state index in [2.05, 4.69) is 0 Å². The molecule has 0 saturated carbocycles. The molecule has 1 N–H and O–H groups in total. The van der Waals surface area contributed by atoms with Crippen LogP contribution in [0.1, 0.15) is 5.56 Å². The summed E-state index contributed by atoms with van der Waals surface area (Å²) in [5, 5.41) is 12.1. The summed E-state index contributed by atoms with van der Waals surface area (Å²) in [7, 11) is -1.59. The lowest BCUT2D eigenvalue weighted by molar-refractivity contribution is -0.137. The molecule has 0 spiro atoms. The third kappa shape index (κ3) is 3.60. The fourth-order valence-corrected chi connectivity index (χ4v) is 5.17. The van der Waals surface area contributed by atoms with Crippen molar-refractivity contribution in [3.63, 3.8) is 0 Å². The van der Waals surface area contributed by atoms with E-state index in [1.165, 1.54) is 12.1 Å². The average Bonchev–Trinajstić information content (AvgIpc) is 2.57. The lowest BCUT2D eigenvalue weighted by Gasteiger charge is -2.13. The Labute approximate surface area is 139 Å². The first-order valence-corrected chi connectivity index (χ1v) is 8.84. The van der Waals surface area contributed by atoms with Crippen LogP contribution in [0.25, 0.3) is 0 Å². The van der Waals surface area contributed by atoms with Gasteiger partial charge in [0.25, 0.3) is 0 Å². The second-order valence-corrected chi connectivity index (χ2v) is 7.85. The summed E-state index contributed by atoms with van der Waals surface area (Å²) < 4.78 is 39.2. The van der Waals surface area contributed by atoms with Crippen LogP contribution in [0.3, 0.4) is 0 Å². The van der Waals surface area contributed by atoms with Gasteiger partial charge in [0.05, 0.1) is 13.5 Å². The summed E-state index contributed by atoms with van der Waals surface area (Å²) in [6.45, 7) is 0. The molecule has 3 rings (SSSR count). The summed E-state index contributed by atoms with van der Waals surface area (Å²) in [4.78, 5) is 0. The van der Waals surface area contributed by atoms with Gasteiger partial charge in [-0.1, -0.05) is 24.3 Å². The molecule has 0 saturated heterocycles. The lowest BCUT2D eigenvalue weighted by Crippen LogP contribution is -2.21. The van der Waals surface area contributed by atoms with Gasteiger partial charge in [-0.15, -0.1) is 0 Å². The Morgan fingerprint density at radius 2 is 1.25 bits per heavy atom. The van der Waals surface area contributed by atoms with Crippen molar-refractivity contribution in [2.75, 3.05) is 0 Å². The normalized spacial score (nSPS) is 12.8. The van der Waals surface area contributed by atoms with E-state index in [-0.39, 0.29) is 5.75 Å². The second kappa shape index (κ2) is 6.66. The number of phenols is 1. The van der Waals surface area contributed by atoms with Crippen molar-refractivity contribution >= 4 is 23.8 Å². The quantitative estimate of drug-likeness (QED) is 0.713. The van der Waals surface area contributed by atoms with E-state index in [1.54, 1.807) is 30.3 Å². The highest BCUT2D eigenvalue weighted by Crippen LogP contribution is 2.36. The van der Waals surface area contributed by atoms with Crippen molar-refractivity contribution in [3.8, 4) is 5.75 Å². The molecular formula is C19H15F3OP+. The summed E-state index contributed by atoms with van der Waals surface area (Å²) in [6.07, 6.45) is -4.37. The van der Waals surface area contributed by atoms with Crippen LogP contribution in [0.15, 0.2) is 78.9 Å². The molecule has 5 heteroatoms. The number of benzene rings is 3. The molecule has 3 aromatic carbocycles. The standard InChI is InChI=1S/C19H14F3OP/c20-19(21,22)14-5-4-8-18(13-14)24(16-6-2-1-3-7-16)17-11-9-15(23)10-12-17/h1-13,23H/p+1. The molecule has 0 aliphatic carbocycles. The first-order chi connectivity index (χ1) is 11.4. The van der Waals surface area contributed by atoms with Gasteiger partial charge in [0, 0.05) is 0 Å². The van der Waals surface area contributed by atoms with E-state index in [0.717, 1.165) is 16.7 Å². The zero-order chi connectivity index (χ0) is 17.2. The highest BCUT2D eigenvalue weighted by molar-refractivity contribution is 7.79. The molecule has 0 heterocycles. The van der Waals surface area contributed by atoms with Gasteiger partial charge in [-0.3, -0.25) is 0 Å². The van der Waals surface area contributed by atoms with Crippen molar-refractivity contribution in [1.29, 1.82) is 0 Å². The van der Waals surface area contributed by atoms with Gasteiger partial charge in [-0.05, 0) is 54.6 Å². The molecule has 0 aromatic heterocycles. The molecule has 24 heavy (non-hydrogen) atoms. The van der Waals surface area contributed by atoms with Gasteiger partial charge < -0.3 is 5.11 Å². The summed E-state index contributed by atoms with van der Waals surface area (Å²) in [5.74, 6) is 0.136. The minimum absolute atomic E-state index is 0.136. The van der Waals surface area contributed by atoms with Crippen LogP contribution in [0, 0.1) is 0 Å². The van der Waals surface area contributed by atoms with Gasteiger partial charge in [0.15, 0.2) is 0 Å². The van der Waals surface area contributed by atoms with Crippen LogP contribution in [-0.2, 0) is 6.18 Å². The Bertz CT molecular complexity index is 814. The SMILES string of the molecule is Oc1ccc([PH+](c2ccccc2)c2cccc(C(F)(F)F)c2)cc1. The third-order valence-corrected chi connectivity index (χ3v) is 6.41. The molecule has 0 aliphatic rings. The van der Waals surface area contributed by atoms with Crippen LogP contribution < -0.4 is 15.9 Å².